The Hall–Kier alpha value is -2.85. The van der Waals surface area contributed by atoms with E-state index in [1.165, 1.54) is 6.26 Å². The SMILES string of the molecule is O=C(CN1CCC(c2nnc(-c3ccco3)o2)CC1)Nc1cc(C(F)(F)F)ccc1Cl. The second-order valence-electron chi connectivity index (χ2n) is 7.21. The van der Waals surface area contributed by atoms with Crippen LogP contribution in [-0.2, 0) is 11.0 Å². The number of carbonyl (C=O) groups is 1. The van der Waals surface area contributed by atoms with Crippen molar-refractivity contribution in [2.75, 3.05) is 25.0 Å². The molecule has 0 unspecified atom stereocenters. The molecule has 164 valence electrons. The molecular weight excluding hydrogens is 437 g/mol. The maximum absolute atomic E-state index is 12.9. The number of aromatic nitrogens is 2. The fourth-order valence-electron chi connectivity index (χ4n) is 3.43. The quantitative estimate of drug-likeness (QED) is 0.595. The van der Waals surface area contributed by atoms with Crippen LogP contribution in [0, 0.1) is 0 Å². The third-order valence-corrected chi connectivity index (χ3v) is 5.37. The summed E-state index contributed by atoms with van der Waals surface area (Å²) >= 11 is 5.93. The van der Waals surface area contributed by atoms with Gasteiger partial charge in [-0.05, 0) is 56.3 Å². The van der Waals surface area contributed by atoms with E-state index in [1.807, 2.05) is 4.90 Å². The van der Waals surface area contributed by atoms with Crippen molar-refractivity contribution in [3.8, 4) is 11.7 Å². The number of halogens is 4. The first-order chi connectivity index (χ1) is 14.8. The summed E-state index contributed by atoms with van der Waals surface area (Å²) in [6.45, 7) is 1.25. The average Bonchev–Trinajstić information content (AvgIpc) is 3.41. The van der Waals surface area contributed by atoms with E-state index in [9.17, 15) is 18.0 Å². The highest BCUT2D eigenvalue weighted by atomic mass is 35.5. The van der Waals surface area contributed by atoms with Gasteiger partial charge in [-0.1, -0.05) is 11.6 Å². The summed E-state index contributed by atoms with van der Waals surface area (Å²) in [5, 5.41) is 10.6. The molecule has 1 aliphatic heterocycles. The molecular formula is C20H18ClF3N4O3. The monoisotopic (exact) mass is 454 g/mol. The number of furan rings is 1. The molecule has 1 aromatic carbocycles. The Morgan fingerprint density at radius 3 is 2.68 bits per heavy atom. The van der Waals surface area contributed by atoms with Crippen molar-refractivity contribution >= 4 is 23.2 Å². The second kappa shape index (κ2) is 8.72. The van der Waals surface area contributed by atoms with Crippen LogP contribution >= 0.6 is 11.6 Å². The maximum Gasteiger partial charge on any atom is 0.416 e. The van der Waals surface area contributed by atoms with Crippen molar-refractivity contribution in [1.29, 1.82) is 0 Å². The first-order valence-corrected chi connectivity index (χ1v) is 9.93. The third kappa shape index (κ3) is 5.08. The summed E-state index contributed by atoms with van der Waals surface area (Å²) in [7, 11) is 0. The van der Waals surface area contributed by atoms with Crippen molar-refractivity contribution in [3.05, 3.63) is 53.1 Å². The molecule has 3 heterocycles. The van der Waals surface area contributed by atoms with Crippen molar-refractivity contribution < 1.29 is 26.8 Å². The van der Waals surface area contributed by atoms with Crippen LogP contribution in [0.1, 0.15) is 30.2 Å². The van der Waals surface area contributed by atoms with Gasteiger partial charge in [-0.3, -0.25) is 9.69 Å². The smallest absolute Gasteiger partial charge is 0.416 e. The molecule has 1 amide bonds. The van der Waals surface area contributed by atoms with Crippen LogP contribution in [0.2, 0.25) is 5.02 Å². The van der Waals surface area contributed by atoms with Crippen LogP contribution in [-0.4, -0.2) is 40.6 Å². The Morgan fingerprint density at radius 1 is 1.23 bits per heavy atom. The van der Waals surface area contributed by atoms with E-state index >= 15 is 0 Å². The molecule has 11 heteroatoms. The zero-order chi connectivity index (χ0) is 22.0. The largest absolute Gasteiger partial charge is 0.459 e. The summed E-state index contributed by atoms with van der Waals surface area (Å²) < 4.78 is 49.6. The lowest BCUT2D eigenvalue weighted by Crippen LogP contribution is -2.38. The summed E-state index contributed by atoms with van der Waals surface area (Å²) in [6, 6.07) is 6.29. The number of nitrogens with zero attached hydrogens (tertiary/aromatic N) is 3. The highest BCUT2D eigenvalue weighted by Gasteiger charge is 2.31. The maximum atomic E-state index is 12.9. The molecule has 0 atom stereocenters. The topological polar surface area (TPSA) is 84.4 Å². The van der Waals surface area contributed by atoms with Gasteiger partial charge in [-0.25, -0.2) is 0 Å². The van der Waals surface area contributed by atoms with Gasteiger partial charge in [0.15, 0.2) is 5.76 Å². The minimum atomic E-state index is -4.52. The number of hydrogen-bond donors (Lipinski definition) is 1. The molecule has 1 saturated heterocycles. The molecule has 4 rings (SSSR count). The van der Waals surface area contributed by atoms with Gasteiger partial charge in [-0.15, -0.1) is 10.2 Å². The third-order valence-electron chi connectivity index (χ3n) is 5.04. The Balaban J connectivity index is 1.31. The lowest BCUT2D eigenvalue weighted by atomic mass is 9.97. The summed E-state index contributed by atoms with van der Waals surface area (Å²) in [6.07, 6.45) is -1.58. The Labute approximate surface area is 180 Å². The molecule has 7 nitrogen and oxygen atoms in total. The molecule has 0 spiro atoms. The predicted octanol–water partition coefficient (Wildman–Crippen LogP) is 4.82. The molecule has 0 aliphatic carbocycles. The summed E-state index contributed by atoms with van der Waals surface area (Å²) in [5.74, 6) is 0.970. The number of amides is 1. The number of anilines is 1. The lowest BCUT2D eigenvalue weighted by Gasteiger charge is -2.29. The fourth-order valence-corrected chi connectivity index (χ4v) is 3.59. The Kier molecular flexibility index (Phi) is 6.01. The van der Waals surface area contributed by atoms with Crippen molar-refractivity contribution in [1.82, 2.24) is 15.1 Å². The van der Waals surface area contributed by atoms with Gasteiger partial charge in [0.25, 0.3) is 5.89 Å². The number of benzene rings is 1. The first kappa shape index (κ1) is 21.4. The zero-order valence-electron chi connectivity index (χ0n) is 16.2. The molecule has 1 aliphatic rings. The summed E-state index contributed by atoms with van der Waals surface area (Å²) in [4.78, 5) is 14.2. The van der Waals surface area contributed by atoms with E-state index in [2.05, 4.69) is 15.5 Å². The number of piperidine rings is 1. The second-order valence-corrected chi connectivity index (χ2v) is 7.62. The van der Waals surface area contributed by atoms with Gasteiger partial charge in [-0.2, -0.15) is 13.2 Å². The van der Waals surface area contributed by atoms with Crippen molar-refractivity contribution in [3.63, 3.8) is 0 Å². The Morgan fingerprint density at radius 2 is 2.00 bits per heavy atom. The van der Waals surface area contributed by atoms with Crippen molar-refractivity contribution in [2.24, 2.45) is 0 Å². The normalized spacial score (nSPS) is 15.9. The molecule has 31 heavy (non-hydrogen) atoms. The number of rotatable bonds is 5. The van der Waals surface area contributed by atoms with Crippen LogP contribution < -0.4 is 5.32 Å². The minimum absolute atomic E-state index is 0.0424. The number of alkyl halides is 3. The molecule has 2 aromatic heterocycles. The number of nitrogens with one attached hydrogen (secondary N) is 1. The molecule has 0 radical (unpaired) electrons. The standard InChI is InChI=1S/C20H18ClF3N4O3/c21-14-4-3-13(20(22,23)24)10-15(14)25-17(29)11-28-7-5-12(6-8-28)18-26-27-19(31-18)16-2-1-9-30-16/h1-4,9-10,12H,5-8,11H2,(H,25,29). The van der Waals surface area contributed by atoms with E-state index < -0.39 is 17.6 Å². The zero-order valence-corrected chi connectivity index (χ0v) is 16.9. The number of likely N-dealkylation sites (tertiary alicyclic amines) is 1. The summed E-state index contributed by atoms with van der Waals surface area (Å²) in [5.41, 5.74) is -0.936. The Bertz CT molecular complexity index is 1040. The van der Waals surface area contributed by atoms with Crippen LogP contribution in [0.25, 0.3) is 11.7 Å². The van der Waals surface area contributed by atoms with Crippen LogP contribution in [0.4, 0.5) is 18.9 Å². The van der Waals surface area contributed by atoms with Gasteiger partial charge in [0.1, 0.15) is 0 Å². The van der Waals surface area contributed by atoms with Gasteiger partial charge in [0, 0.05) is 5.92 Å². The minimum Gasteiger partial charge on any atom is -0.459 e. The van der Waals surface area contributed by atoms with E-state index in [0.29, 0.717) is 43.5 Å². The molecule has 1 N–H and O–H groups in total. The van der Waals surface area contributed by atoms with E-state index in [4.69, 9.17) is 20.4 Å². The molecule has 0 bridgehead atoms. The average molecular weight is 455 g/mol. The number of hydrogen-bond acceptors (Lipinski definition) is 6. The predicted molar refractivity (Wildman–Crippen MR) is 105 cm³/mol. The highest BCUT2D eigenvalue weighted by molar-refractivity contribution is 6.33. The van der Waals surface area contributed by atoms with E-state index in [1.54, 1.807) is 12.1 Å². The van der Waals surface area contributed by atoms with E-state index in [0.717, 1.165) is 18.2 Å². The first-order valence-electron chi connectivity index (χ1n) is 9.56. The van der Waals surface area contributed by atoms with Crippen LogP contribution in [0.15, 0.2) is 45.4 Å². The fraction of sp³-hybridized carbons (Fsp3) is 0.350. The van der Waals surface area contributed by atoms with Gasteiger partial charge in [0.2, 0.25) is 11.8 Å². The highest BCUT2D eigenvalue weighted by Crippen LogP contribution is 2.34. The lowest BCUT2D eigenvalue weighted by molar-refractivity contribution is -0.137. The molecule has 1 fully saturated rings. The number of carbonyl (C=O) groups excluding carboxylic acids is 1. The van der Waals surface area contributed by atoms with Gasteiger partial charge >= 0.3 is 6.18 Å². The van der Waals surface area contributed by atoms with Crippen LogP contribution in [0.5, 0.6) is 0 Å². The van der Waals surface area contributed by atoms with Gasteiger partial charge < -0.3 is 14.2 Å². The molecule has 0 saturated carbocycles. The van der Waals surface area contributed by atoms with Crippen LogP contribution in [0.3, 0.4) is 0 Å². The van der Waals surface area contributed by atoms with E-state index in [-0.39, 0.29) is 23.2 Å². The van der Waals surface area contributed by atoms with Crippen molar-refractivity contribution in [2.45, 2.75) is 24.9 Å². The molecule has 3 aromatic rings. The van der Waals surface area contributed by atoms with Gasteiger partial charge in [0.05, 0.1) is 29.1 Å².